The summed E-state index contributed by atoms with van der Waals surface area (Å²) in [6.07, 6.45) is 8.17. The largest absolute Gasteiger partial charge is 0.480 e. The third-order valence-corrected chi connectivity index (χ3v) is 10.1. The Bertz CT molecular complexity index is 1330. The number of aromatic nitrogens is 2. The van der Waals surface area contributed by atoms with Gasteiger partial charge in [0.2, 0.25) is 0 Å². The van der Waals surface area contributed by atoms with Crippen LogP contribution >= 0.6 is 0 Å². The maximum absolute atomic E-state index is 14.3. The highest BCUT2D eigenvalue weighted by Gasteiger charge is 2.41. The van der Waals surface area contributed by atoms with E-state index in [1.807, 2.05) is 12.1 Å². The van der Waals surface area contributed by atoms with Crippen LogP contribution in [0.3, 0.4) is 0 Å². The number of rotatable bonds is 11. The number of likely N-dealkylation sites (tertiary alicyclic amines) is 2. The lowest BCUT2D eigenvalue weighted by atomic mass is 9.80. The molecule has 3 fully saturated rings. The van der Waals surface area contributed by atoms with E-state index in [2.05, 4.69) is 46.0 Å². The van der Waals surface area contributed by atoms with Crippen molar-refractivity contribution in [3.05, 3.63) is 88.8 Å². The SMILES string of the molecule is CCc1[nH]c(Cc2ccccc2)nc1C1CCN(C[C@H]2CN([C@H](CC3CCC3)C(=O)O)C[C@@H]2c2cccc(F)c2)CC1. The van der Waals surface area contributed by atoms with Gasteiger partial charge in [-0.2, -0.15) is 0 Å². The highest BCUT2D eigenvalue weighted by Crippen LogP contribution is 2.39. The molecule has 2 N–H and O–H groups in total. The minimum absolute atomic E-state index is 0.139. The predicted octanol–water partition coefficient (Wildman–Crippen LogP) is 6.24. The summed E-state index contributed by atoms with van der Waals surface area (Å²) in [6, 6.07) is 17.0. The molecule has 2 saturated heterocycles. The number of hydrogen-bond donors (Lipinski definition) is 2. The molecule has 42 heavy (non-hydrogen) atoms. The molecular weight excluding hydrogens is 527 g/mol. The normalized spacial score (nSPS) is 23.2. The van der Waals surface area contributed by atoms with E-state index in [-0.39, 0.29) is 17.7 Å². The Morgan fingerprint density at radius 2 is 1.86 bits per heavy atom. The van der Waals surface area contributed by atoms with Gasteiger partial charge in [-0.3, -0.25) is 9.69 Å². The van der Waals surface area contributed by atoms with E-state index in [1.165, 1.54) is 29.4 Å². The monoisotopic (exact) mass is 572 g/mol. The molecule has 3 aromatic rings. The van der Waals surface area contributed by atoms with Crippen LogP contribution in [0.15, 0.2) is 54.6 Å². The summed E-state index contributed by atoms with van der Waals surface area (Å²) in [5.41, 5.74) is 4.78. The average molecular weight is 573 g/mol. The van der Waals surface area contributed by atoms with Crippen LogP contribution < -0.4 is 0 Å². The number of piperidine rings is 1. The van der Waals surface area contributed by atoms with Gasteiger partial charge < -0.3 is 15.0 Å². The molecule has 3 atom stereocenters. The van der Waals surface area contributed by atoms with Crippen molar-refractivity contribution >= 4 is 5.97 Å². The Labute approximate surface area is 249 Å². The van der Waals surface area contributed by atoms with Crippen molar-refractivity contribution in [1.82, 2.24) is 19.8 Å². The molecule has 0 amide bonds. The predicted molar refractivity (Wildman–Crippen MR) is 163 cm³/mol. The quantitative estimate of drug-likeness (QED) is 0.285. The first kappa shape index (κ1) is 29.1. The molecule has 6 nitrogen and oxygen atoms in total. The van der Waals surface area contributed by atoms with Gasteiger partial charge in [-0.25, -0.2) is 9.37 Å². The van der Waals surface area contributed by atoms with Gasteiger partial charge in [0.15, 0.2) is 0 Å². The molecule has 0 spiro atoms. The molecule has 1 saturated carbocycles. The number of hydrogen-bond acceptors (Lipinski definition) is 4. The van der Waals surface area contributed by atoms with E-state index in [0.29, 0.717) is 18.4 Å². The number of nitrogens with one attached hydrogen (secondary N) is 1. The van der Waals surface area contributed by atoms with Gasteiger partial charge in [0.05, 0.1) is 5.69 Å². The van der Waals surface area contributed by atoms with Crippen molar-refractivity contribution in [2.24, 2.45) is 11.8 Å². The van der Waals surface area contributed by atoms with Crippen LogP contribution in [0.2, 0.25) is 0 Å². The molecule has 0 bridgehead atoms. The van der Waals surface area contributed by atoms with Crippen molar-refractivity contribution < 1.29 is 14.3 Å². The number of benzene rings is 2. The fraction of sp³-hybridized carbons (Fsp3) is 0.543. The van der Waals surface area contributed by atoms with Crippen LogP contribution in [-0.2, 0) is 17.6 Å². The van der Waals surface area contributed by atoms with Gasteiger partial charge in [0.25, 0.3) is 0 Å². The zero-order valence-electron chi connectivity index (χ0n) is 24.9. The summed E-state index contributed by atoms with van der Waals surface area (Å²) in [6.45, 7) is 6.57. The number of aryl methyl sites for hydroxylation is 1. The first-order chi connectivity index (χ1) is 20.5. The van der Waals surface area contributed by atoms with Crippen molar-refractivity contribution in [3.63, 3.8) is 0 Å². The van der Waals surface area contributed by atoms with Gasteiger partial charge in [-0.15, -0.1) is 0 Å². The Morgan fingerprint density at radius 1 is 1.07 bits per heavy atom. The summed E-state index contributed by atoms with van der Waals surface area (Å²) in [5.74, 6) is 1.52. The number of halogens is 1. The highest BCUT2D eigenvalue weighted by atomic mass is 19.1. The van der Waals surface area contributed by atoms with Crippen LogP contribution in [0, 0.1) is 17.7 Å². The molecule has 3 heterocycles. The fourth-order valence-corrected chi connectivity index (χ4v) is 7.59. The standard InChI is InChI=1S/C35H45FN4O2/c1-2-31-34(38-33(37-31)19-25-8-4-3-5-9-25)26-14-16-39(17-15-26)21-28-22-40(32(35(41)42)18-24-10-6-11-24)23-30(28)27-12-7-13-29(36)20-27/h3-5,7-9,12-13,20,24,26,28,30,32H,2,6,10-11,14-19,21-23H2,1H3,(H,37,38)(H,41,42)/t28-,30+,32+/m0/s1. The van der Waals surface area contributed by atoms with Crippen LogP contribution in [0.1, 0.15) is 85.6 Å². The number of carbonyl (C=O) groups is 1. The molecule has 0 unspecified atom stereocenters. The molecule has 7 heteroatoms. The van der Waals surface area contributed by atoms with E-state index >= 15 is 0 Å². The number of H-pyrrole nitrogens is 1. The smallest absolute Gasteiger partial charge is 0.320 e. The second-order valence-corrected chi connectivity index (χ2v) is 12.9. The Hall–Kier alpha value is -3.03. The first-order valence-electron chi connectivity index (χ1n) is 16.0. The molecule has 1 aliphatic carbocycles. The van der Waals surface area contributed by atoms with E-state index in [9.17, 15) is 14.3 Å². The lowest BCUT2D eigenvalue weighted by Gasteiger charge is -2.35. The molecular formula is C35H45FN4O2. The topological polar surface area (TPSA) is 72.5 Å². The number of nitrogens with zero attached hydrogens (tertiary/aromatic N) is 3. The maximum Gasteiger partial charge on any atom is 0.320 e. The van der Waals surface area contributed by atoms with E-state index in [1.54, 1.807) is 12.1 Å². The number of aliphatic carboxylic acids is 1. The maximum atomic E-state index is 14.3. The van der Waals surface area contributed by atoms with Crippen LogP contribution in [0.5, 0.6) is 0 Å². The minimum Gasteiger partial charge on any atom is -0.480 e. The van der Waals surface area contributed by atoms with Crippen molar-refractivity contribution in [2.75, 3.05) is 32.7 Å². The first-order valence-corrected chi connectivity index (χ1v) is 16.0. The van der Waals surface area contributed by atoms with Crippen molar-refractivity contribution in [2.45, 2.75) is 76.2 Å². The van der Waals surface area contributed by atoms with Gasteiger partial charge in [0.1, 0.15) is 17.7 Å². The Balaban J connectivity index is 1.12. The zero-order valence-corrected chi connectivity index (χ0v) is 24.9. The number of aromatic amines is 1. The molecule has 6 rings (SSSR count). The average Bonchev–Trinajstić information content (AvgIpc) is 3.57. The molecule has 0 radical (unpaired) electrons. The lowest BCUT2D eigenvalue weighted by Crippen LogP contribution is -2.43. The second-order valence-electron chi connectivity index (χ2n) is 12.9. The van der Waals surface area contributed by atoms with Crippen molar-refractivity contribution in [1.29, 1.82) is 0 Å². The highest BCUT2D eigenvalue weighted by molar-refractivity contribution is 5.73. The van der Waals surface area contributed by atoms with Gasteiger partial charge in [-0.1, -0.05) is 68.7 Å². The van der Waals surface area contributed by atoms with Gasteiger partial charge in [-0.05, 0) is 73.9 Å². The lowest BCUT2D eigenvalue weighted by molar-refractivity contribution is -0.144. The summed E-state index contributed by atoms with van der Waals surface area (Å²) in [4.78, 5) is 25.8. The molecule has 2 aliphatic heterocycles. The van der Waals surface area contributed by atoms with E-state index < -0.39 is 12.0 Å². The van der Waals surface area contributed by atoms with Crippen molar-refractivity contribution in [3.8, 4) is 0 Å². The van der Waals surface area contributed by atoms with Gasteiger partial charge in [0, 0.05) is 43.6 Å². The summed E-state index contributed by atoms with van der Waals surface area (Å²) in [7, 11) is 0. The Morgan fingerprint density at radius 3 is 2.52 bits per heavy atom. The van der Waals surface area contributed by atoms with Crippen LogP contribution in [-0.4, -0.2) is 69.6 Å². The number of carboxylic acid groups (broad SMARTS) is 1. The fourth-order valence-electron chi connectivity index (χ4n) is 7.59. The van der Waals surface area contributed by atoms with E-state index in [4.69, 9.17) is 4.98 Å². The second kappa shape index (κ2) is 13.1. The van der Waals surface area contributed by atoms with E-state index in [0.717, 1.165) is 82.5 Å². The third kappa shape index (κ3) is 6.63. The molecule has 3 aliphatic rings. The third-order valence-electron chi connectivity index (χ3n) is 10.1. The Kier molecular flexibility index (Phi) is 9.06. The molecule has 224 valence electrons. The molecule has 1 aromatic heterocycles. The van der Waals surface area contributed by atoms with Gasteiger partial charge >= 0.3 is 5.97 Å². The molecule has 2 aromatic carbocycles. The summed E-state index contributed by atoms with van der Waals surface area (Å²) in [5, 5.41) is 10.2. The summed E-state index contributed by atoms with van der Waals surface area (Å²) < 4.78 is 14.3. The summed E-state index contributed by atoms with van der Waals surface area (Å²) >= 11 is 0. The van der Waals surface area contributed by atoms with Crippen LogP contribution in [0.4, 0.5) is 4.39 Å². The minimum atomic E-state index is -0.710. The number of imidazole rings is 1. The zero-order chi connectivity index (χ0) is 29.1. The number of carboxylic acids is 1. The van der Waals surface area contributed by atoms with Crippen LogP contribution in [0.25, 0.3) is 0 Å².